The zero-order valence-corrected chi connectivity index (χ0v) is 16.9. The van der Waals surface area contributed by atoms with Gasteiger partial charge in [-0.25, -0.2) is 4.79 Å². The summed E-state index contributed by atoms with van der Waals surface area (Å²) in [6.45, 7) is 10.4. The van der Waals surface area contributed by atoms with Crippen LogP contribution in [0.5, 0.6) is 0 Å². The number of benzene rings is 1. The van der Waals surface area contributed by atoms with Crippen molar-refractivity contribution in [3.05, 3.63) is 35.4 Å². The highest BCUT2D eigenvalue weighted by Gasteiger charge is 2.23. The molecule has 1 aliphatic rings. The van der Waals surface area contributed by atoms with Crippen LogP contribution in [0.1, 0.15) is 31.9 Å². The van der Waals surface area contributed by atoms with E-state index in [9.17, 15) is 4.79 Å². The molecule has 27 heavy (non-hydrogen) atoms. The minimum Gasteiger partial charge on any atom is -0.450 e. The van der Waals surface area contributed by atoms with E-state index in [0.29, 0.717) is 32.8 Å². The van der Waals surface area contributed by atoms with Crippen molar-refractivity contribution in [2.75, 3.05) is 39.8 Å². The first-order valence-corrected chi connectivity index (χ1v) is 9.60. The zero-order chi connectivity index (χ0) is 19.6. The zero-order valence-electron chi connectivity index (χ0n) is 16.9. The average Bonchev–Trinajstić information content (AvgIpc) is 2.68. The number of nitrogens with one attached hydrogen (secondary N) is 1. The van der Waals surface area contributed by atoms with E-state index in [4.69, 9.17) is 9.47 Å². The molecule has 2 rings (SSSR count). The number of rotatable bonds is 6. The predicted octanol–water partition coefficient (Wildman–Crippen LogP) is 2.46. The van der Waals surface area contributed by atoms with Gasteiger partial charge in [-0.05, 0) is 31.9 Å². The molecule has 0 spiro atoms. The van der Waals surface area contributed by atoms with Crippen molar-refractivity contribution in [2.24, 2.45) is 4.99 Å². The second kappa shape index (κ2) is 10.8. The largest absolute Gasteiger partial charge is 0.450 e. The molecular weight excluding hydrogens is 344 g/mol. The number of hydrogen-bond donors (Lipinski definition) is 1. The lowest BCUT2D eigenvalue weighted by atomic mass is 10.1. The Labute approximate surface area is 162 Å². The average molecular weight is 377 g/mol. The van der Waals surface area contributed by atoms with Crippen molar-refractivity contribution >= 4 is 12.1 Å². The molecule has 0 aromatic heterocycles. The van der Waals surface area contributed by atoms with Crippen molar-refractivity contribution in [1.82, 2.24) is 15.1 Å². The maximum atomic E-state index is 11.8. The molecule has 1 heterocycles. The molecule has 1 N–H and O–H groups in total. The molecular formula is C20H32N4O3. The predicted molar refractivity (Wildman–Crippen MR) is 107 cm³/mol. The van der Waals surface area contributed by atoms with Gasteiger partial charge >= 0.3 is 6.09 Å². The fourth-order valence-electron chi connectivity index (χ4n) is 2.92. The molecule has 0 bridgehead atoms. The van der Waals surface area contributed by atoms with E-state index in [2.05, 4.69) is 39.5 Å². The summed E-state index contributed by atoms with van der Waals surface area (Å²) in [5.41, 5.74) is 2.35. The van der Waals surface area contributed by atoms with Crippen molar-refractivity contribution in [2.45, 2.75) is 40.0 Å². The van der Waals surface area contributed by atoms with Crippen molar-refractivity contribution < 1.29 is 14.3 Å². The van der Waals surface area contributed by atoms with E-state index >= 15 is 0 Å². The summed E-state index contributed by atoms with van der Waals surface area (Å²) < 4.78 is 10.7. The monoisotopic (exact) mass is 376 g/mol. The van der Waals surface area contributed by atoms with Crippen molar-refractivity contribution in [1.29, 1.82) is 0 Å². The Kier molecular flexibility index (Phi) is 8.39. The highest BCUT2D eigenvalue weighted by atomic mass is 16.6. The fraction of sp³-hybridized carbons (Fsp3) is 0.600. The number of aliphatic imine (C=N–C) groups is 1. The Balaban J connectivity index is 1.84. The van der Waals surface area contributed by atoms with Crippen LogP contribution in [-0.4, -0.2) is 67.8 Å². The molecule has 1 amide bonds. The Morgan fingerprint density at radius 2 is 1.85 bits per heavy atom. The van der Waals surface area contributed by atoms with Gasteiger partial charge in [0.15, 0.2) is 5.96 Å². The van der Waals surface area contributed by atoms with Crippen LogP contribution >= 0.6 is 0 Å². The van der Waals surface area contributed by atoms with Crippen LogP contribution in [-0.2, 0) is 22.6 Å². The standard InChI is InChI=1S/C20H32N4O3/c1-5-26-20(25)24-11-9-23(10-12-24)19(21-4)22-14-17-7-6-8-18(13-17)15-27-16(2)3/h6-8,13,16H,5,9-12,14-15H2,1-4H3,(H,21,22). The van der Waals surface area contributed by atoms with Gasteiger partial charge in [-0.15, -0.1) is 0 Å². The molecule has 1 aliphatic heterocycles. The molecule has 0 unspecified atom stereocenters. The van der Waals surface area contributed by atoms with Crippen LogP contribution in [0.25, 0.3) is 0 Å². The summed E-state index contributed by atoms with van der Waals surface area (Å²) in [5.74, 6) is 0.849. The second-order valence-corrected chi connectivity index (χ2v) is 6.75. The molecule has 1 aromatic carbocycles. The molecule has 0 atom stereocenters. The van der Waals surface area contributed by atoms with E-state index in [-0.39, 0.29) is 12.2 Å². The smallest absolute Gasteiger partial charge is 0.409 e. The minimum atomic E-state index is -0.236. The first-order valence-electron chi connectivity index (χ1n) is 9.60. The van der Waals surface area contributed by atoms with Crippen LogP contribution in [0.3, 0.4) is 0 Å². The van der Waals surface area contributed by atoms with E-state index in [1.807, 2.05) is 20.8 Å². The lowest BCUT2D eigenvalue weighted by molar-refractivity contribution is 0.0656. The van der Waals surface area contributed by atoms with Gasteiger partial charge < -0.3 is 24.6 Å². The first kappa shape index (κ1) is 21.0. The van der Waals surface area contributed by atoms with E-state index < -0.39 is 0 Å². The molecule has 1 fully saturated rings. The number of carbonyl (C=O) groups excluding carboxylic acids is 1. The first-order chi connectivity index (χ1) is 13.0. The fourth-order valence-corrected chi connectivity index (χ4v) is 2.92. The van der Waals surface area contributed by atoms with Gasteiger partial charge in [0.25, 0.3) is 0 Å². The Morgan fingerprint density at radius 3 is 2.48 bits per heavy atom. The summed E-state index contributed by atoms with van der Waals surface area (Å²) in [6.07, 6.45) is -0.0144. The van der Waals surface area contributed by atoms with Crippen LogP contribution in [0.15, 0.2) is 29.3 Å². The van der Waals surface area contributed by atoms with Gasteiger partial charge in [0.2, 0.25) is 0 Å². The van der Waals surface area contributed by atoms with E-state index in [1.54, 1.807) is 11.9 Å². The molecule has 0 aliphatic carbocycles. The van der Waals surface area contributed by atoms with Gasteiger partial charge in [-0.3, -0.25) is 4.99 Å². The number of guanidine groups is 1. The van der Waals surface area contributed by atoms with Crippen LogP contribution in [0.4, 0.5) is 4.79 Å². The normalized spacial score (nSPS) is 15.2. The third kappa shape index (κ3) is 6.75. The summed E-state index contributed by atoms with van der Waals surface area (Å²) in [4.78, 5) is 20.1. The van der Waals surface area contributed by atoms with Crippen LogP contribution < -0.4 is 5.32 Å². The SMILES string of the molecule is CCOC(=O)N1CCN(C(=NC)NCc2cccc(COC(C)C)c2)CC1. The lowest BCUT2D eigenvalue weighted by Gasteiger charge is -2.35. The summed E-state index contributed by atoms with van der Waals surface area (Å²) in [5, 5.41) is 3.42. The van der Waals surface area contributed by atoms with Crippen molar-refractivity contribution in [3.8, 4) is 0 Å². The molecule has 0 saturated carbocycles. The molecule has 150 valence electrons. The molecule has 7 heteroatoms. The van der Waals surface area contributed by atoms with Crippen molar-refractivity contribution in [3.63, 3.8) is 0 Å². The molecule has 7 nitrogen and oxygen atoms in total. The quantitative estimate of drug-likeness (QED) is 0.610. The number of nitrogens with zero attached hydrogens (tertiary/aromatic N) is 3. The van der Waals surface area contributed by atoms with Gasteiger partial charge in [-0.2, -0.15) is 0 Å². The number of hydrogen-bond acceptors (Lipinski definition) is 4. The number of ether oxygens (including phenoxy) is 2. The Bertz CT molecular complexity index is 625. The third-order valence-electron chi connectivity index (χ3n) is 4.34. The maximum Gasteiger partial charge on any atom is 0.409 e. The van der Waals surface area contributed by atoms with Gasteiger partial charge in [0.1, 0.15) is 0 Å². The third-order valence-corrected chi connectivity index (χ3v) is 4.34. The number of carbonyl (C=O) groups is 1. The summed E-state index contributed by atoms with van der Waals surface area (Å²) in [7, 11) is 1.78. The van der Waals surface area contributed by atoms with Crippen LogP contribution in [0.2, 0.25) is 0 Å². The van der Waals surface area contributed by atoms with E-state index in [0.717, 1.165) is 19.0 Å². The number of piperazine rings is 1. The van der Waals surface area contributed by atoms with E-state index in [1.165, 1.54) is 11.1 Å². The minimum absolute atomic E-state index is 0.221. The van der Waals surface area contributed by atoms with Gasteiger partial charge in [0, 0.05) is 39.8 Å². The van der Waals surface area contributed by atoms with Gasteiger partial charge in [0.05, 0.1) is 19.3 Å². The second-order valence-electron chi connectivity index (χ2n) is 6.75. The Hall–Kier alpha value is -2.28. The number of amides is 1. The summed E-state index contributed by atoms with van der Waals surface area (Å²) in [6, 6.07) is 8.38. The highest BCUT2D eigenvalue weighted by molar-refractivity contribution is 5.80. The maximum absolute atomic E-state index is 11.8. The molecule has 0 radical (unpaired) electrons. The van der Waals surface area contributed by atoms with Gasteiger partial charge in [-0.1, -0.05) is 24.3 Å². The highest BCUT2D eigenvalue weighted by Crippen LogP contribution is 2.09. The molecule has 1 saturated heterocycles. The molecule has 1 aromatic rings. The lowest BCUT2D eigenvalue weighted by Crippen LogP contribution is -2.53. The topological polar surface area (TPSA) is 66.4 Å². The van der Waals surface area contributed by atoms with Crippen LogP contribution in [0, 0.1) is 0 Å². The Morgan fingerprint density at radius 1 is 1.19 bits per heavy atom. The summed E-state index contributed by atoms with van der Waals surface area (Å²) >= 11 is 0.